The van der Waals surface area contributed by atoms with E-state index < -0.39 is 8.07 Å². The molecule has 0 saturated carbocycles. The molecule has 2 rings (SSSR count). The lowest BCUT2D eigenvalue weighted by atomic mass is 10.0. The van der Waals surface area contributed by atoms with E-state index in [1.807, 2.05) is 7.11 Å². The zero-order valence-corrected chi connectivity index (χ0v) is 18.9. The summed E-state index contributed by atoms with van der Waals surface area (Å²) in [7, 11) is -0.198. The van der Waals surface area contributed by atoms with Crippen molar-refractivity contribution < 1.29 is 4.74 Å². The molecule has 0 amide bonds. The number of ether oxygens (including phenoxy) is 1. The number of hydrogen-bond acceptors (Lipinski definition) is 1. The van der Waals surface area contributed by atoms with Crippen molar-refractivity contribution in [2.24, 2.45) is 0 Å². The van der Waals surface area contributed by atoms with Crippen LogP contribution in [-0.2, 0) is 0 Å². The second-order valence-electron chi connectivity index (χ2n) is 8.80. The molecule has 1 aliphatic carbocycles. The molecule has 0 aromatic heterocycles. The first-order chi connectivity index (χ1) is 11.0. The summed E-state index contributed by atoms with van der Waals surface area (Å²) in [5.74, 6) is 1.11. The molecule has 0 fully saturated rings. The minimum atomic E-state index is -1.67. The molecular formula is C21H33OSi2. The Bertz CT molecular complexity index is 689. The van der Waals surface area contributed by atoms with Crippen LogP contribution in [0.25, 0.3) is 5.57 Å². The van der Waals surface area contributed by atoms with Gasteiger partial charge in [0.15, 0.2) is 0 Å². The van der Waals surface area contributed by atoms with Gasteiger partial charge >= 0.3 is 0 Å². The zero-order chi connectivity index (χ0) is 18.3. The highest BCUT2D eigenvalue weighted by molar-refractivity contribution is 6.92. The maximum absolute atomic E-state index is 5.99. The Morgan fingerprint density at radius 1 is 1.12 bits per heavy atom. The molecule has 3 heteroatoms. The smallest absolute Gasteiger partial charge is 0.125 e. The van der Waals surface area contributed by atoms with Gasteiger partial charge in [0, 0.05) is 5.56 Å². The molecule has 0 bridgehead atoms. The van der Waals surface area contributed by atoms with Crippen molar-refractivity contribution in [2.75, 3.05) is 7.11 Å². The summed E-state index contributed by atoms with van der Waals surface area (Å²) < 4.78 is 5.99. The van der Waals surface area contributed by atoms with Gasteiger partial charge in [0.05, 0.1) is 24.0 Å². The Labute approximate surface area is 151 Å². The average Bonchev–Trinajstić information content (AvgIpc) is 2.95. The average molecular weight is 358 g/mol. The van der Waals surface area contributed by atoms with E-state index in [-0.39, 0.29) is 8.80 Å². The minimum absolute atomic E-state index is 0.291. The van der Waals surface area contributed by atoms with Crippen LogP contribution in [0.2, 0.25) is 31.2 Å². The van der Waals surface area contributed by atoms with E-state index in [0.717, 1.165) is 12.2 Å². The third-order valence-electron chi connectivity index (χ3n) is 5.81. The predicted molar refractivity (Wildman–Crippen MR) is 113 cm³/mol. The van der Waals surface area contributed by atoms with E-state index in [4.69, 9.17) is 4.74 Å². The maximum Gasteiger partial charge on any atom is 0.125 e. The highest BCUT2D eigenvalue weighted by Crippen LogP contribution is 2.40. The van der Waals surface area contributed by atoms with Crippen molar-refractivity contribution >= 4 is 27.6 Å². The maximum atomic E-state index is 5.99. The van der Waals surface area contributed by atoms with Gasteiger partial charge in [-0.3, -0.25) is 0 Å². The number of hydrogen-bond donors (Lipinski definition) is 0. The highest BCUT2D eigenvalue weighted by Gasteiger charge is 2.39. The molecule has 1 aliphatic rings. The van der Waals surface area contributed by atoms with Crippen molar-refractivity contribution in [3.63, 3.8) is 0 Å². The van der Waals surface area contributed by atoms with Crippen LogP contribution in [0.4, 0.5) is 0 Å². The zero-order valence-electron chi connectivity index (χ0n) is 16.9. The molecule has 1 radical (unpaired) electrons. The van der Waals surface area contributed by atoms with Crippen LogP contribution in [0.1, 0.15) is 38.3 Å². The van der Waals surface area contributed by atoms with Crippen LogP contribution in [0.15, 0.2) is 29.5 Å². The Hall–Kier alpha value is -1.07. The first kappa shape index (κ1) is 19.3. The molecule has 131 valence electrons. The monoisotopic (exact) mass is 357 g/mol. The molecule has 0 atom stereocenters. The summed E-state index contributed by atoms with van der Waals surface area (Å²) in [6, 6.07) is 4.67. The molecule has 0 aliphatic heterocycles. The van der Waals surface area contributed by atoms with Crippen molar-refractivity contribution in [2.45, 2.75) is 65.3 Å². The predicted octanol–water partition coefficient (Wildman–Crippen LogP) is 5.73. The second kappa shape index (κ2) is 6.68. The topological polar surface area (TPSA) is 9.23 Å². The fourth-order valence-corrected chi connectivity index (χ4v) is 6.29. The first-order valence-corrected chi connectivity index (χ1v) is 14.4. The molecule has 24 heavy (non-hydrogen) atoms. The molecular weight excluding hydrogens is 324 g/mol. The molecule has 0 saturated heterocycles. The fraction of sp³-hybridized carbons (Fsp3) is 0.524. The van der Waals surface area contributed by atoms with E-state index in [9.17, 15) is 0 Å². The van der Waals surface area contributed by atoms with Gasteiger partial charge in [-0.25, -0.2) is 0 Å². The van der Waals surface area contributed by atoms with Crippen LogP contribution < -0.4 is 9.92 Å². The number of aryl methyl sites for hydroxylation is 1. The summed E-state index contributed by atoms with van der Waals surface area (Å²) >= 11 is 0. The van der Waals surface area contributed by atoms with Crippen LogP contribution in [0.3, 0.4) is 0 Å². The van der Waals surface area contributed by atoms with Gasteiger partial charge in [0.25, 0.3) is 0 Å². The van der Waals surface area contributed by atoms with Gasteiger partial charge in [-0.2, -0.15) is 0 Å². The van der Waals surface area contributed by atoms with Gasteiger partial charge in [-0.1, -0.05) is 75.9 Å². The van der Waals surface area contributed by atoms with E-state index >= 15 is 0 Å². The molecule has 0 unspecified atom stereocenters. The normalized spacial score (nSPS) is 15.6. The molecule has 1 aromatic rings. The van der Waals surface area contributed by atoms with Crippen molar-refractivity contribution in [3.05, 3.63) is 40.6 Å². The quantitative estimate of drug-likeness (QED) is 0.626. The third-order valence-corrected chi connectivity index (χ3v) is 12.9. The van der Waals surface area contributed by atoms with Crippen LogP contribution in [0, 0.1) is 6.92 Å². The molecule has 1 nitrogen and oxygen atoms in total. The van der Waals surface area contributed by atoms with Crippen LogP contribution in [-0.4, -0.2) is 24.0 Å². The van der Waals surface area contributed by atoms with Crippen molar-refractivity contribution in [3.8, 4) is 5.75 Å². The van der Waals surface area contributed by atoms with E-state index in [0.29, 0.717) is 5.04 Å². The molecule has 1 aromatic carbocycles. The number of allylic oxidation sites excluding steroid dienone is 4. The largest absolute Gasteiger partial charge is 0.496 e. The Morgan fingerprint density at radius 2 is 1.75 bits per heavy atom. The van der Waals surface area contributed by atoms with E-state index in [2.05, 4.69) is 78.2 Å². The van der Waals surface area contributed by atoms with Crippen molar-refractivity contribution in [1.29, 1.82) is 0 Å². The van der Waals surface area contributed by atoms with Gasteiger partial charge in [0.1, 0.15) is 5.75 Å². The summed E-state index contributed by atoms with van der Waals surface area (Å²) in [5.41, 5.74) is 3.99. The van der Waals surface area contributed by atoms with Gasteiger partial charge in [-0.15, -0.1) is 0 Å². The van der Waals surface area contributed by atoms with E-state index in [1.165, 1.54) is 21.9 Å². The SMILES string of the molecule is COc1c(C2=CCC([Si](C)C)=C2)cc(C)cc1[Si](C)(C)C(C)(C)C. The summed E-state index contributed by atoms with van der Waals surface area (Å²) in [6.45, 7) is 19.0. The van der Waals surface area contributed by atoms with E-state index in [1.54, 1.807) is 5.20 Å². The molecule has 0 heterocycles. The lowest BCUT2D eigenvalue weighted by Gasteiger charge is -2.38. The summed E-state index contributed by atoms with van der Waals surface area (Å²) in [5, 5.41) is 3.36. The Balaban J connectivity index is 2.64. The lowest BCUT2D eigenvalue weighted by molar-refractivity contribution is 0.416. The number of benzene rings is 1. The lowest BCUT2D eigenvalue weighted by Crippen LogP contribution is -2.50. The standard InChI is InChI=1S/C21H33OSi2/c1-15-12-18(16-10-11-17(14-16)23(6)7)20(22-5)19(13-15)24(8,9)21(2,3)4/h10,12-14H,11H2,1-9H3. The molecule has 0 spiro atoms. The van der Waals surface area contributed by atoms with Gasteiger partial charge in [0.2, 0.25) is 0 Å². The second-order valence-corrected chi connectivity index (χ2v) is 16.7. The van der Waals surface area contributed by atoms with Gasteiger partial charge in [-0.05, 0) is 35.2 Å². The van der Waals surface area contributed by atoms with Gasteiger partial charge < -0.3 is 4.74 Å². The number of methoxy groups -OCH3 is 1. The fourth-order valence-electron chi connectivity index (χ4n) is 3.14. The summed E-state index contributed by atoms with van der Waals surface area (Å²) in [6.07, 6.45) is 5.92. The van der Waals surface area contributed by atoms with Crippen molar-refractivity contribution in [1.82, 2.24) is 0 Å². The Morgan fingerprint density at radius 3 is 2.21 bits per heavy atom. The minimum Gasteiger partial charge on any atom is -0.496 e. The summed E-state index contributed by atoms with van der Waals surface area (Å²) in [4.78, 5) is 0. The third kappa shape index (κ3) is 3.47. The van der Waals surface area contributed by atoms with Crippen LogP contribution in [0.5, 0.6) is 5.75 Å². The highest BCUT2D eigenvalue weighted by atomic mass is 28.3. The number of rotatable bonds is 4. The molecule has 0 N–H and O–H groups in total. The van der Waals surface area contributed by atoms with Crippen LogP contribution >= 0.6 is 0 Å². The first-order valence-electron chi connectivity index (χ1n) is 8.89. The Kier molecular flexibility index (Phi) is 5.36.